The summed E-state index contributed by atoms with van der Waals surface area (Å²) in [5, 5.41) is 19.8. The van der Waals surface area contributed by atoms with Crippen LogP contribution in [0.3, 0.4) is 0 Å². The molecule has 1 aliphatic rings. The van der Waals surface area contributed by atoms with Crippen molar-refractivity contribution in [2.24, 2.45) is 0 Å². The molecule has 4 aromatic rings. The first-order chi connectivity index (χ1) is 15.8. The smallest absolute Gasteiger partial charge is 0.223 e. The maximum absolute atomic E-state index is 9.69. The van der Waals surface area contributed by atoms with Crippen LogP contribution in [0.2, 0.25) is 0 Å². The van der Waals surface area contributed by atoms with Crippen LogP contribution in [0.5, 0.6) is 5.75 Å². The van der Waals surface area contributed by atoms with Gasteiger partial charge in [-0.05, 0) is 45.7 Å². The number of methoxy groups -OCH3 is 1. The van der Waals surface area contributed by atoms with Gasteiger partial charge in [-0.25, -0.2) is 9.97 Å². The average molecular weight is 451 g/mol. The van der Waals surface area contributed by atoms with Gasteiger partial charge in [0.2, 0.25) is 5.95 Å². The maximum Gasteiger partial charge on any atom is 0.223 e. The number of nitrogen functional groups attached to an aromatic ring is 1. The molecule has 174 valence electrons. The second kappa shape index (κ2) is 7.87. The van der Waals surface area contributed by atoms with Crippen LogP contribution in [0.25, 0.3) is 16.6 Å². The third kappa shape index (κ3) is 3.54. The number of nitrogens with zero attached hydrogens (tertiary/aromatic N) is 7. The molecule has 0 aliphatic carbocycles. The molecule has 1 aromatic carbocycles. The molecule has 0 amide bonds. The number of aromatic nitrogens is 6. The van der Waals surface area contributed by atoms with E-state index in [2.05, 4.69) is 21.9 Å². The zero-order valence-corrected chi connectivity index (χ0v) is 19.4. The molecule has 4 heterocycles. The summed E-state index contributed by atoms with van der Waals surface area (Å²) in [5.41, 5.74) is 8.19. The Morgan fingerprint density at radius 2 is 2.06 bits per heavy atom. The van der Waals surface area contributed by atoms with Crippen LogP contribution in [0.15, 0.2) is 30.6 Å². The highest BCUT2D eigenvalue weighted by atomic mass is 16.5. The fourth-order valence-corrected chi connectivity index (χ4v) is 4.52. The predicted octanol–water partition coefficient (Wildman–Crippen LogP) is 2.56. The highest BCUT2D eigenvalue weighted by Gasteiger charge is 2.31. The normalized spacial score (nSPS) is 19.5. The summed E-state index contributed by atoms with van der Waals surface area (Å²) in [7, 11) is 1.62. The van der Waals surface area contributed by atoms with E-state index in [0.717, 1.165) is 36.3 Å². The summed E-state index contributed by atoms with van der Waals surface area (Å²) in [4.78, 5) is 11.8. The summed E-state index contributed by atoms with van der Waals surface area (Å²) in [6.45, 7) is 6.95. The molecule has 2 atom stereocenters. The van der Waals surface area contributed by atoms with Crippen LogP contribution in [-0.2, 0) is 5.54 Å². The van der Waals surface area contributed by atoms with Crippen LogP contribution in [0.4, 0.5) is 11.6 Å². The van der Waals surface area contributed by atoms with Gasteiger partial charge >= 0.3 is 0 Å². The number of fused-ring (bicyclic) bond motifs is 3. The lowest BCUT2D eigenvalue weighted by molar-refractivity contribution is 0.152. The topological polar surface area (TPSA) is 120 Å². The number of anilines is 2. The largest absolute Gasteiger partial charge is 0.494 e. The number of rotatable bonds is 5. The van der Waals surface area contributed by atoms with Gasteiger partial charge in [0.1, 0.15) is 11.3 Å². The lowest BCUT2D eigenvalue weighted by atomic mass is 9.92. The van der Waals surface area contributed by atoms with E-state index in [1.165, 1.54) is 0 Å². The van der Waals surface area contributed by atoms with E-state index in [1.54, 1.807) is 11.6 Å². The molecule has 10 nitrogen and oxygen atoms in total. The quantitative estimate of drug-likeness (QED) is 0.476. The summed E-state index contributed by atoms with van der Waals surface area (Å²) < 4.78 is 8.91. The number of hydrogen-bond donors (Lipinski definition) is 2. The highest BCUT2D eigenvalue weighted by Crippen LogP contribution is 2.34. The zero-order valence-electron chi connectivity index (χ0n) is 19.4. The molecule has 0 bridgehead atoms. The molecule has 5 rings (SSSR count). The molecule has 0 spiro atoms. The number of aliphatic hydroxyl groups is 1. The van der Waals surface area contributed by atoms with Crippen molar-refractivity contribution in [2.75, 3.05) is 30.9 Å². The monoisotopic (exact) mass is 450 g/mol. The van der Waals surface area contributed by atoms with Gasteiger partial charge in [-0.2, -0.15) is 9.61 Å². The minimum atomic E-state index is -0.452. The van der Waals surface area contributed by atoms with Gasteiger partial charge in [-0.15, -0.1) is 5.10 Å². The standard InChI is InChI=1S/C23H30N8O2/c1-14-8-9-15(11-29(14)16-10-25-30(12-16)23(2,3)13-32)20-27-21-17-6-5-7-18(33-4)19(17)26-22(24)31(21)28-20/h5-7,10,12,14-15,32H,8-9,11,13H2,1-4H3,(H2,24,26)/t14-,15+/m1/s1. The van der Waals surface area contributed by atoms with Crippen molar-refractivity contribution >= 4 is 28.2 Å². The van der Waals surface area contributed by atoms with E-state index in [4.69, 9.17) is 20.6 Å². The molecule has 0 unspecified atom stereocenters. The van der Waals surface area contributed by atoms with Gasteiger partial charge < -0.3 is 20.5 Å². The number of benzene rings is 1. The Bertz CT molecular complexity index is 1310. The van der Waals surface area contributed by atoms with Gasteiger partial charge in [-0.3, -0.25) is 4.68 Å². The molecule has 0 saturated carbocycles. The Kier molecular flexibility index (Phi) is 5.12. The molecule has 1 saturated heterocycles. The average Bonchev–Trinajstić information content (AvgIpc) is 3.48. The molecule has 1 aliphatic heterocycles. The number of ether oxygens (including phenoxy) is 1. The first-order valence-electron chi connectivity index (χ1n) is 11.2. The van der Waals surface area contributed by atoms with E-state index < -0.39 is 5.54 Å². The number of para-hydroxylation sites is 1. The van der Waals surface area contributed by atoms with Crippen molar-refractivity contribution in [1.82, 2.24) is 29.4 Å². The van der Waals surface area contributed by atoms with Crippen molar-refractivity contribution in [2.45, 2.75) is 51.1 Å². The second-order valence-electron chi connectivity index (χ2n) is 9.42. The fourth-order valence-electron chi connectivity index (χ4n) is 4.52. The van der Waals surface area contributed by atoms with E-state index >= 15 is 0 Å². The van der Waals surface area contributed by atoms with Crippen LogP contribution >= 0.6 is 0 Å². The fraction of sp³-hybridized carbons (Fsp3) is 0.478. The van der Waals surface area contributed by atoms with Gasteiger partial charge in [-0.1, -0.05) is 6.07 Å². The SMILES string of the molecule is COc1cccc2c1nc(N)n1nc([C@H]3CC[C@@H](C)N(c4cnn(C(C)(C)CO)c4)C3)nc21. The highest BCUT2D eigenvalue weighted by molar-refractivity contribution is 5.95. The molecule has 33 heavy (non-hydrogen) atoms. The predicted molar refractivity (Wildman–Crippen MR) is 127 cm³/mol. The van der Waals surface area contributed by atoms with Gasteiger partial charge in [0.25, 0.3) is 0 Å². The van der Waals surface area contributed by atoms with E-state index in [1.807, 2.05) is 49.1 Å². The Labute approximate surface area is 192 Å². The Morgan fingerprint density at radius 3 is 2.82 bits per heavy atom. The van der Waals surface area contributed by atoms with Crippen molar-refractivity contribution in [3.05, 3.63) is 36.4 Å². The zero-order chi connectivity index (χ0) is 23.3. The molecular formula is C23H30N8O2. The Balaban J connectivity index is 1.50. The minimum absolute atomic E-state index is 0.0195. The number of piperidine rings is 1. The number of hydrogen-bond acceptors (Lipinski definition) is 8. The molecule has 3 N–H and O–H groups in total. The van der Waals surface area contributed by atoms with Crippen LogP contribution in [0, 0.1) is 0 Å². The van der Waals surface area contributed by atoms with Crippen LogP contribution in [0.1, 0.15) is 45.4 Å². The van der Waals surface area contributed by atoms with Crippen molar-refractivity contribution < 1.29 is 9.84 Å². The summed E-state index contributed by atoms with van der Waals surface area (Å²) in [6, 6.07) is 6.11. The minimum Gasteiger partial charge on any atom is -0.494 e. The Morgan fingerprint density at radius 1 is 1.24 bits per heavy atom. The van der Waals surface area contributed by atoms with E-state index in [-0.39, 0.29) is 18.5 Å². The van der Waals surface area contributed by atoms with Crippen molar-refractivity contribution in [3.8, 4) is 5.75 Å². The number of aliphatic hydroxyl groups excluding tert-OH is 1. The van der Waals surface area contributed by atoms with Gasteiger partial charge in [0, 0.05) is 30.1 Å². The first kappa shape index (κ1) is 21.4. The van der Waals surface area contributed by atoms with Crippen molar-refractivity contribution in [1.29, 1.82) is 0 Å². The van der Waals surface area contributed by atoms with Gasteiger partial charge in [0.15, 0.2) is 11.5 Å². The summed E-state index contributed by atoms with van der Waals surface area (Å²) in [5.74, 6) is 1.86. The molecule has 0 radical (unpaired) electrons. The third-order valence-corrected chi connectivity index (χ3v) is 6.68. The third-order valence-electron chi connectivity index (χ3n) is 6.68. The van der Waals surface area contributed by atoms with E-state index in [0.29, 0.717) is 23.0 Å². The summed E-state index contributed by atoms with van der Waals surface area (Å²) >= 11 is 0. The first-order valence-corrected chi connectivity index (χ1v) is 11.2. The molecule has 10 heteroatoms. The second-order valence-corrected chi connectivity index (χ2v) is 9.42. The number of nitrogens with two attached hydrogens (primary N) is 1. The van der Waals surface area contributed by atoms with Crippen LogP contribution in [-0.4, -0.2) is 60.8 Å². The van der Waals surface area contributed by atoms with E-state index in [9.17, 15) is 5.11 Å². The Hall–Kier alpha value is -3.40. The van der Waals surface area contributed by atoms with Crippen molar-refractivity contribution in [3.63, 3.8) is 0 Å². The molecule has 3 aromatic heterocycles. The van der Waals surface area contributed by atoms with Crippen LogP contribution < -0.4 is 15.4 Å². The lowest BCUT2D eigenvalue weighted by Gasteiger charge is -2.38. The lowest BCUT2D eigenvalue weighted by Crippen LogP contribution is -2.41. The summed E-state index contributed by atoms with van der Waals surface area (Å²) in [6.07, 6.45) is 5.87. The molecular weight excluding hydrogens is 420 g/mol. The maximum atomic E-state index is 9.69. The van der Waals surface area contributed by atoms with Gasteiger partial charge in [0.05, 0.1) is 31.1 Å². The molecule has 1 fully saturated rings.